The van der Waals surface area contributed by atoms with Crippen LogP contribution >= 0.6 is 0 Å². The summed E-state index contributed by atoms with van der Waals surface area (Å²) in [6.45, 7) is 4.91. The smallest absolute Gasteiger partial charge is 0.275 e. The number of hydrogen-bond acceptors (Lipinski definition) is 4. The highest BCUT2D eigenvalue weighted by atomic mass is 32.2. The number of nitrogens with one attached hydrogen (secondary N) is 1. The predicted octanol–water partition coefficient (Wildman–Crippen LogP) is 2.67. The van der Waals surface area contributed by atoms with Crippen LogP contribution in [0.2, 0.25) is 0 Å². The highest BCUT2D eigenvalue weighted by Crippen LogP contribution is 2.15. The van der Waals surface area contributed by atoms with Crippen LogP contribution in [-0.2, 0) is 21.4 Å². The van der Waals surface area contributed by atoms with E-state index < -0.39 is 15.6 Å². The van der Waals surface area contributed by atoms with Crippen molar-refractivity contribution in [3.05, 3.63) is 58.0 Å². The molecule has 0 spiro atoms. The number of hydrogen-bond donors (Lipinski definition) is 1. The zero-order valence-corrected chi connectivity index (χ0v) is 17.7. The normalized spacial score (nSPS) is 15.0. The lowest BCUT2D eigenvalue weighted by Crippen LogP contribution is -2.38. The summed E-state index contributed by atoms with van der Waals surface area (Å²) in [5.74, 6) is -0.115. The van der Waals surface area contributed by atoms with E-state index in [2.05, 4.69) is 4.72 Å². The maximum absolute atomic E-state index is 12.9. The lowest BCUT2D eigenvalue weighted by molar-refractivity contribution is -0.131. The Kier molecular flexibility index (Phi) is 6.42. The van der Waals surface area contributed by atoms with Crippen LogP contribution in [0.4, 0.5) is 5.69 Å². The molecule has 8 heteroatoms. The number of rotatable bonds is 5. The Bertz CT molecular complexity index is 1030. The second kappa shape index (κ2) is 8.82. The van der Waals surface area contributed by atoms with Crippen molar-refractivity contribution >= 4 is 21.6 Å². The molecule has 156 valence electrons. The third-order valence-electron chi connectivity index (χ3n) is 5.22. The molecule has 1 aromatic carbocycles. The lowest BCUT2D eigenvalue weighted by Gasteiger charge is -2.22. The molecule has 1 fully saturated rings. The van der Waals surface area contributed by atoms with Crippen molar-refractivity contribution in [2.75, 3.05) is 17.8 Å². The fraction of sp³-hybridized carbons (Fsp3) is 0.429. The first kappa shape index (κ1) is 21.1. The number of benzene rings is 1. The molecule has 7 nitrogen and oxygen atoms in total. The zero-order chi connectivity index (χ0) is 21.0. The molecule has 1 aliphatic rings. The van der Waals surface area contributed by atoms with E-state index in [0.717, 1.165) is 31.2 Å². The van der Waals surface area contributed by atoms with E-state index >= 15 is 0 Å². The highest BCUT2D eigenvalue weighted by Gasteiger charge is 2.20. The van der Waals surface area contributed by atoms with Gasteiger partial charge >= 0.3 is 0 Å². The Hall–Kier alpha value is -2.61. The Morgan fingerprint density at radius 2 is 1.59 bits per heavy atom. The average Bonchev–Trinajstić information content (AvgIpc) is 2.97. The number of amides is 1. The number of aryl methyl sites for hydroxylation is 2. The number of aromatic nitrogens is 1. The van der Waals surface area contributed by atoms with Crippen LogP contribution < -0.4 is 10.3 Å². The summed E-state index contributed by atoms with van der Waals surface area (Å²) in [7, 11) is -3.89. The van der Waals surface area contributed by atoms with Gasteiger partial charge in [0.05, 0.1) is 4.90 Å². The number of carbonyl (C=O) groups is 1. The third kappa shape index (κ3) is 5.06. The van der Waals surface area contributed by atoms with Crippen molar-refractivity contribution in [3.63, 3.8) is 0 Å². The van der Waals surface area contributed by atoms with Crippen LogP contribution in [0.25, 0.3) is 0 Å². The van der Waals surface area contributed by atoms with E-state index in [1.54, 1.807) is 30.0 Å². The summed E-state index contributed by atoms with van der Waals surface area (Å²) in [6.07, 6.45) is 4.16. The summed E-state index contributed by atoms with van der Waals surface area (Å²) in [5.41, 5.74) is 0.953. The molecule has 29 heavy (non-hydrogen) atoms. The van der Waals surface area contributed by atoms with Crippen LogP contribution in [0.1, 0.15) is 36.9 Å². The van der Waals surface area contributed by atoms with Crippen molar-refractivity contribution in [1.82, 2.24) is 9.47 Å². The molecule has 0 radical (unpaired) electrons. The Balaban J connectivity index is 1.84. The van der Waals surface area contributed by atoms with Gasteiger partial charge in [-0.15, -0.1) is 0 Å². The zero-order valence-electron chi connectivity index (χ0n) is 16.8. The van der Waals surface area contributed by atoms with Gasteiger partial charge in [0.1, 0.15) is 12.2 Å². The van der Waals surface area contributed by atoms with Crippen molar-refractivity contribution < 1.29 is 13.2 Å². The van der Waals surface area contributed by atoms with Crippen LogP contribution in [0.3, 0.4) is 0 Å². The first-order chi connectivity index (χ1) is 13.8. The van der Waals surface area contributed by atoms with Crippen LogP contribution in [0.5, 0.6) is 0 Å². The molecule has 0 bridgehead atoms. The number of carbonyl (C=O) groups excluding carboxylic acids is 1. The number of nitrogens with zero attached hydrogens (tertiary/aromatic N) is 2. The quantitative estimate of drug-likeness (QED) is 0.810. The molecular formula is C21H27N3O4S. The van der Waals surface area contributed by atoms with Gasteiger partial charge in [0.25, 0.3) is 15.6 Å². The van der Waals surface area contributed by atoms with Gasteiger partial charge in [0, 0.05) is 18.8 Å². The van der Waals surface area contributed by atoms with E-state index in [9.17, 15) is 18.0 Å². The largest absolute Gasteiger partial charge is 0.341 e. The topological polar surface area (TPSA) is 88.5 Å². The molecule has 1 N–H and O–H groups in total. The van der Waals surface area contributed by atoms with Gasteiger partial charge in [-0.05, 0) is 51.0 Å². The Morgan fingerprint density at radius 1 is 0.966 bits per heavy atom. The van der Waals surface area contributed by atoms with Crippen molar-refractivity contribution in [1.29, 1.82) is 0 Å². The van der Waals surface area contributed by atoms with Gasteiger partial charge in [-0.3, -0.25) is 14.3 Å². The molecule has 1 saturated heterocycles. The molecule has 0 unspecified atom stereocenters. The van der Waals surface area contributed by atoms with Crippen LogP contribution in [-0.4, -0.2) is 36.9 Å². The fourth-order valence-corrected chi connectivity index (χ4v) is 4.48. The second-order valence-corrected chi connectivity index (χ2v) is 9.18. The molecule has 0 aliphatic carbocycles. The summed E-state index contributed by atoms with van der Waals surface area (Å²) in [6, 6.07) is 9.46. The Morgan fingerprint density at radius 3 is 2.21 bits per heavy atom. The Labute approximate surface area is 171 Å². The standard InChI is InChI=1S/C21H27N3O4S/c1-16-7-10-18(11-8-16)29(27,28)22-19-12-9-17(2)24(21(19)26)15-20(25)23-13-5-3-4-6-14-23/h7-12,22H,3-6,13-15H2,1-2H3. The molecule has 1 aromatic heterocycles. The minimum absolute atomic E-state index is 0.0696. The van der Waals surface area contributed by atoms with E-state index in [0.29, 0.717) is 18.8 Å². The molecule has 1 amide bonds. The SMILES string of the molecule is Cc1ccc(S(=O)(=O)Nc2ccc(C)n(CC(=O)N3CCCCCC3)c2=O)cc1. The highest BCUT2D eigenvalue weighted by molar-refractivity contribution is 7.92. The maximum Gasteiger partial charge on any atom is 0.275 e. The number of likely N-dealkylation sites (tertiary alicyclic amines) is 1. The summed E-state index contributed by atoms with van der Waals surface area (Å²) < 4.78 is 29.0. The summed E-state index contributed by atoms with van der Waals surface area (Å²) in [5, 5.41) is 0. The van der Waals surface area contributed by atoms with Gasteiger partial charge in [0.2, 0.25) is 5.91 Å². The van der Waals surface area contributed by atoms with E-state index in [1.807, 2.05) is 6.92 Å². The predicted molar refractivity (Wildman–Crippen MR) is 112 cm³/mol. The van der Waals surface area contributed by atoms with Gasteiger partial charge in [0.15, 0.2) is 0 Å². The molecule has 0 saturated carbocycles. The minimum Gasteiger partial charge on any atom is -0.341 e. The fourth-order valence-electron chi connectivity index (χ4n) is 3.42. The monoisotopic (exact) mass is 417 g/mol. The maximum atomic E-state index is 12.9. The molecule has 2 aromatic rings. The number of sulfonamides is 1. The van der Waals surface area contributed by atoms with Gasteiger partial charge < -0.3 is 9.47 Å². The summed E-state index contributed by atoms with van der Waals surface area (Å²) >= 11 is 0. The lowest BCUT2D eigenvalue weighted by atomic mass is 10.2. The molecular weight excluding hydrogens is 390 g/mol. The van der Waals surface area contributed by atoms with Crippen molar-refractivity contribution in [3.8, 4) is 0 Å². The van der Waals surface area contributed by atoms with Crippen LogP contribution in [0, 0.1) is 13.8 Å². The minimum atomic E-state index is -3.89. The molecule has 1 aliphatic heterocycles. The number of pyridine rings is 1. The first-order valence-corrected chi connectivity index (χ1v) is 11.3. The number of anilines is 1. The molecule has 2 heterocycles. The van der Waals surface area contributed by atoms with Crippen molar-refractivity contribution in [2.24, 2.45) is 0 Å². The average molecular weight is 418 g/mol. The first-order valence-electron chi connectivity index (χ1n) is 9.85. The van der Waals surface area contributed by atoms with Gasteiger partial charge in [-0.1, -0.05) is 30.5 Å². The summed E-state index contributed by atoms with van der Waals surface area (Å²) in [4.78, 5) is 27.5. The second-order valence-electron chi connectivity index (χ2n) is 7.49. The van der Waals surface area contributed by atoms with E-state index in [4.69, 9.17) is 0 Å². The molecule has 0 atom stereocenters. The van der Waals surface area contributed by atoms with Gasteiger partial charge in [-0.25, -0.2) is 8.42 Å². The van der Waals surface area contributed by atoms with E-state index in [-0.39, 0.29) is 23.0 Å². The van der Waals surface area contributed by atoms with E-state index in [1.165, 1.54) is 22.8 Å². The third-order valence-corrected chi connectivity index (χ3v) is 6.60. The van der Waals surface area contributed by atoms with Gasteiger partial charge in [-0.2, -0.15) is 0 Å². The van der Waals surface area contributed by atoms with Crippen LogP contribution in [0.15, 0.2) is 46.1 Å². The molecule has 3 rings (SSSR count). The van der Waals surface area contributed by atoms with Crippen molar-refractivity contribution in [2.45, 2.75) is 51.0 Å².